The minimum Gasteiger partial charge on any atom is -0.366 e. The van der Waals surface area contributed by atoms with Crippen molar-refractivity contribution in [3.63, 3.8) is 0 Å². The third kappa shape index (κ3) is 1.75. The molecule has 0 spiro atoms. The summed E-state index contributed by atoms with van der Waals surface area (Å²) in [5.41, 5.74) is 12.5. The van der Waals surface area contributed by atoms with Crippen molar-refractivity contribution >= 4 is 5.91 Å². The molecule has 1 aromatic heterocycles. The van der Waals surface area contributed by atoms with Gasteiger partial charge in [-0.05, 0) is 30.4 Å². The van der Waals surface area contributed by atoms with E-state index in [-0.39, 0.29) is 6.04 Å². The van der Waals surface area contributed by atoms with Crippen LogP contribution in [0.5, 0.6) is 0 Å². The zero-order valence-electron chi connectivity index (χ0n) is 7.81. The molecule has 4 heteroatoms. The van der Waals surface area contributed by atoms with Gasteiger partial charge < -0.3 is 11.5 Å². The molecule has 4 N–H and O–H groups in total. The Morgan fingerprint density at radius 2 is 2.21 bits per heavy atom. The summed E-state index contributed by atoms with van der Waals surface area (Å²) < 4.78 is 0. The second-order valence-corrected chi connectivity index (χ2v) is 3.73. The lowest BCUT2D eigenvalue weighted by Gasteiger charge is -2.10. The van der Waals surface area contributed by atoms with Crippen LogP contribution in [0, 0.1) is 5.92 Å². The molecule has 0 radical (unpaired) electrons. The summed E-state index contributed by atoms with van der Waals surface area (Å²) in [6.07, 6.45) is 5.50. The molecule has 1 saturated carbocycles. The zero-order valence-corrected chi connectivity index (χ0v) is 7.81. The lowest BCUT2D eigenvalue weighted by Crippen LogP contribution is -2.16. The molecular weight excluding hydrogens is 178 g/mol. The van der Waals surface area contributed by atoms with Gasteiger partial charge in [0.25, 0.3) is 0 Å². The van der Waals surface area contributed by atoms with Gasteiger partial charge in [0.05, 0.1) is 5.56 Å². The molecule has 0 aliphatic heterocycles. The molecule has 74 valence electrons. The van der Waals surface area contributed by atoms with Gasteiger partial charge in [-0.15, -0.1) is 0 Å². The minimum atomic E-state index is -0.456. The molecule has 1 amide bonds. The van der Waals surface area contributed by atoms with Gasteiger partial charge in [-0.2, -0.15) is 0 Å². The van der Waals surface area contributed by atoms with Gasteiger partial charge in [-0.3, -0.25) is 9.78 Å². The summed E-state index contributed by atoms with van der Waals surface area (Å²) in [5, 5.41) is 0. The number of amides is 1. The van der Waals surface area contributed by atoms with Crippen molar-refractivity contribution in [2.75, 3.05) is 0 Å². The van der Waals surface area contributed by atoms with Crippen molar-refractivity contribution in [1.82, 2.24) is 4.98 Å². The maximum Gasteiger partial charge on any atom is 0.250 e. The first-order valence-corrected chi connectivity index (χ1v) is 4.69. The number of nitrogens with zero attached hydrogens (tertiary/aromatic N) is 1. The van der Waals surface area contributed by atoms with Crippen molar-refractivity contribution in [2.24, 2.45) is 17.4 Å². The minimum absolute atomic E-state index is 0.00167. The summed E-state index contributed by atoms with van der Waals surface area (Å²) >= 11 is 0. The number of nitrogens with two attached hydrogens (primary N) is 2. The van der Waals surface area contributed by atoms with Crippen molar-refractivity contribution < 1.29 is 4.79 Å². The first-order valence-electron chi connectivity index (χ1n) is 4.69. The fourth-order valence-electron chi connectivity index (χ4n) is 1.50. The largest absolute Gasteiger partial charge is 0.366 e. The summed E-state index contributed by atoms with van der Waals surface area (Å²) in [5.74, 6) is 0.0993. The van der Waals surface area contributed by atoms with E-state index < -0.39 is 5.91 Å². The third-order valence-corrected chi connectivity index (χ3v) is 2.56. The summed E-state index contributed by atoms with van der Waals surface area (Å²) in [6, 6.07) is 1.74. The van der Waals surface area contributed by atoms with Gasteiger partial charge in [-0.1, -0.05) is 0 Å². The number of hydrogen-bond acceptors (Lipinski definition) is 3. The molecule has 1 fully saturated rings. The van der Waals surface area contributed by atoms with E-state index in [1.165, 1.54) is 19.0 Å². The molecule has 1 aliphatic carbocycles. The van der Waals surface area contributed by atoms with Gasteiger partial charge in [-0.25, -0.2) is 0 Å². The number of primary amides is 1. The van der Waals surface area contributed by atoms with E-state index in [4.69, 9.17) is 11.5 Å². The molecule has 0 aromatic carbocycles. The van der Waals surface area contributed by atoms with Crippen LogP contribution in [0.1, 0.15) is 34.8 Å². The van der Waals surface area contributed by atoms with Crippen LogP contribution in [-0.4, -0.2) is 10.9 Å². The smallest absolute Gasteiger partial charge is 0.250 e. The van der Waals surface area contributed by atoms with Crippen molar-refractivity contribution in [3.8, 4) is 0 Å². The Balaban J connectivity index is 2.24. The average Bonchev–Trinajstić information content (AvgIpc) is 3.00. The summed E-state index contributed by atoms with van der Waals surface area (Å²) in [7, 11) is 0. The van der Waals surface area contributed by atoms with Crippen LogP contribution in [0.25, 0.3) is 0 Å². The molecule has 1 aromatic rings. The molecule has 1 heterocycles. The third-order valence-electron chi connectivity index (χ3n) is 2.56. The average molecular weight is 191 g/mol. The first kappa shape index (κ1) is 9.15. The van der Waals surface area contributed by atoms with Gasteiger partial charge >= 0.3 is 0 Å². The van der Waals surface area contributed by atoms with E-state index in [1.54, 1.807) is 12.3 Å². The molecule has 2 rings (SSSR count). The predicted octanol–water partition coefficient (Wildman–Crippen LogP) is 0.590. The fraction of sp³-hybridized carbons (Fsp3) is 0.400. The van der Waals surface area contributed by atoms with Crippen LogP contribution in [0.4, 0.5) is 0 Å². The van der Waals surface area contributed by atoms with E-state index in [0.29, 0.717) is 11.5 Å². The predicted molar refractivity (Wildman–Crippen MR) is 52.4 cm³/mol. The normalized spacial score (nSPS) is 17.8. The summed E-state index contributed by atoms with van der Waals surface area (Å²) in [6.45, 7) is 0. The molecular formula is C10H13N3O. The number of carbonyl (C=O) groups excluding carboxylic acids is 1. The quantitative estimate of drug-likeness (QED) is 0.733. The van der Waals surface area contributed by atoms with Crippen molar-refractivity contribution in [3.05, 3.63) is 29.6 Å². The maximum absolute atomic E-state index is 10.9. The first-order chi connectivity index (χ1) is 6.68. The fourth-order valence-corrected chi connectivity index (χ4v) is 1.50. The van der Waals surface area contributed by atoms with E-state index in [0.717, 1.165) is 5.56 Å². The number of pyridine rings is 1. The zero-order chi connectivity index (χ0) is 10.1. The van der Waals surface area contributed by atoms with Gasteiger partial charge in [0, 0.05) is 18.4 Å². The molecule has 14 heavy (non-hydrogen) atoms. The number of aromatic nitrogens is 1. The van der Waals surface area contributed by atoms with Crippen LogP contribution in [0.15, 0.2) is 18.5 Å². The van der Waals surface area contributed by atoms with Gasteiger partial charge in [0.1, 0.15) is 0 Å². The Kier molecular flexibility index (Phi) is 2.21. The Hall–Kier alpha value is -1.42. The van der Waals surface area contributed by atoms with Gasteiger partial charge in [0.2, 0.25) is 5.91 Å². The SMILES string of the molecule is NC(=O)c1cncc(C(N)C2CC2)c1. The topological polar surface area (TPSA) is 82.0 Å². The van der Waals surface area contributed by atoms with E-state index in [2.05, 4.69) is 4.98 Å². The van der Waals surface area contributed by atoms with Crippen LogP contribution in [-0.2, 0) is 0 Å². The van der Waals surface area contributed by atoms with Crippen LogP contribution >= 0.6 is 0 Å². The molecule has 1 atom stereocenters. The Bertz CT molecular complexity index is 360. The standard InChI is InChI=1S/C10H13N3O/c11-9(6-1-2-6)7-3-8(10(12)14)5-13-4-7/h3-6,9H,1-2,11H2,(H2,12,14). The second kappa shape index (κ2) is 3.38. The lowest BCUT2D eigenvalue weighted by molar-refractivity contribution is 0.1000. The number of rotatable bonds is 3. The van der Waals surface area contributed by atoms with E-state index >= 15 is 0 Å². The van der Waals surface area contributed by atoms with E-state index in [1.807, 2.05) is 0 Å². The highest BCUT2D eigenvalue weighted by molar-refractivity contribution is 5.92. The highest BCUT2D eigenvalue weighted by atomic mass is 16.1. The number of carbonyl (C=O) groups is 1. The second-order valence-electron chi connectivity index (χ2n) is 3.73. The number of hydrogen-bond donors (Lipinski definition) is 2. The lowest BCUT2D eigenvalue weighted by atomic mass is 10.0. The van der Waals surface area contributed by atoms with Crippen LogP contribution in [0.3, 0.4) is 0 Å². The van der Waals surface area contributed by atoms with Crippen LogP contribution < -0.4 is 11.5 Å². The van der Waals surface area contributed by atoms with Crippen LogP contribution in [0.2, 0.25) is 0 Å². The molecule has 0 bridgehead atoms. The summed E-state index contributed by atoms with van der Waals surface area (Å²) in [4.78, 5) is 14.9. The Morgan fingerprint density at radius 1 is 1.50 bits per heavy atom. The van der Waals surface area contributed by atoms with Crippen molar-refractivity contribution in [1.29, 1.82) is 0 Å². The molecule has 4 nitrogen and oxygen atoms in total. The molecule has 1 aliphatic rings. The Labute approximate surface area is 82.3 Å². The highest BCUT2D eigenvalue weighted by Crippen LogP contribution is 2.39. The molecule has 1 unspecified atom stereocenters. The monoisotopic (exact) mass is 191 g/mol. The Morgan fingerprint density at radius 3 is 2.79 bits per heavy atom. The molecule has 0 saturated heterocycles. The van der Waals surface area contributed by atoms with E-state index in [9.17, 15) is 4.79 Å². The van der Waals surface area contributed by atoms with Crippen molar-refractivity contribution in [2.45, 2.75) is 18.9 Å². The maximum atomic E-state index is 10.9. The highest BCUT2D eigenvalue weighted by Gasteiger charge is 2.29. The van der Waals surface area contributed by atoms with Gasteiger partial charge in [0.15, 0.2) is 0 Å².